The molecule has 1 N–H and O–H groups in total. The molecule has 1 aliphatic heterocycles. The number of alkyl halides is 1. The van der Waals surface area contributed by atoms with E-state index in [0.717, 1.165) is 0 Å². The topological polar surface area (TPSA) is 83.9 Å². The first-order valence-corrected chi connectivity index (χ1v) is 6.90. The third-order valence-electron chi connectivity index (χ3n) is 2.55. The molecule has 0 spiro atoms. The highest BCUT2D eigenvalue weighted by Gasteiger charge is 2.38. The van der Waals surface area contributed by atoms with Crippen molar-refractivity contribution in [3.63, 3.8) is 0 Å². The highest BCUT2D eigenvalue weighted by Crippen LogP contribution is 2.22. The van der Waals surface area contributed by atoms with Gasteiger partial charge in [0, 0.05) is 17.8 Å². The largest absolute Gasteiger partial charge is 0.480 e. The number of carbonyl (C=O) groups is 3. The number of aliphatic carboxylic acids is 1. The van der Waals surface area contributed by atoms with Gasteiger partial charge >= 0.3 is 11.9 Å². The molecule has 1 amide bonds. The van der Waals surface area contributed by atoms with E-state index >= 15 is 0 Å². The second-order valence-electron chi connectivity index (χ2n) is 5.49. The zero-order valence-corrected chi connectivity index (χ0v) is 12.8. The van der Waals surface area contributed by atoms with Crippen LogP contribution >= 0.6 is 15.9 Å². The lowest BCUT2D eigenvalue weighted by atomic mass is 10.1. The Morgan fingerprint density at radius 3 is 2.47 bits per heavy atom. The van der Waals surface area contributed by atoms with Gasteiger partial charge in [0.25, 0.3) is 0 Å². The van der Waals surface area contributed by atoms with Crippen LogP contribution < -0.4 is 0 Å². The predicted molar refractivity (Wildman–Crippen MR) is 70.9 cm³/mol. The molecular formula is C12H18BrNO5. The summed E-state index contributed by atoms with van der Waals surface area (Å²) in [7, 11) is 0. The first-order chi connectivity index (χ1) is 8.60. The van der Waals surface area contributed by atoms with E-state index < -0.39 is 23.6 Å². The Balaban J connectivity index is 2.72. The minimum atomic E-state index is -1.19. The molecule has 1 fully saturated rings. The zero-order valence-electron chi connectivity index (χ0n) is 11.2. The summed E-state index contributed by atoms with van der Waals surface area (Å²) in [6.07, 6.45) is -0.0871. The maximum absolute atomic E-state index is 11.7. The first-order valence-electron chi connectivity index (χ1n) is 5.98. The van der Waals surface area contributed by atoms with E-state index in [2.05, 4.69) is 15.9 Å². The summed E-state index contributed by atoms with van der Waals surface area (Å²) in [6.45, 7) is 5.40. The van der Waals surface area contributed by atoms with Crippen LogP contribution in [0.1, 0.15) is 33.6 Å². The quantitative estimate of drug-likeness (QED) is 0.615. The van der Waals surface area contributed by atoms with E-state index in [1.54, 1.807) is 20.8 Å². The number of carboxylic acid groups (broad SMARTS) is 1. The van der Waals surface area contributed by atoms with Crippen molar-refractivity contribution in [1.29, 1.82) is 0 Å². The summed E-state index contributed by atoms with van der Waals surface area (Å²) in [4.78, 5) is 35.7. The lowest BCUT2D eigenvalue weighted by Crippen LogP contribution is -2.44. The van der Waals surface area contributed by atoms with Crippen LogP contribution in [0.3, 0.4) is 0 Å². The molecule has 1 unspecified atom stereocenters. The smallest absolute Gasteiger partial charge is 0.327 e. The number of rotatable bonds is 4. The van der Waals surface area contributed by atoms with Crippen molar-refractivity contribution in [3.05, 3.63) is 0 Å². The molecule has 1 heterocycles. The summed E-state index contributed by atoms with van der Waals surface area (Å²) in [5, 5.41) is 9.17. The molecule has 0 saturated carbocycles. The average molecular weight is 336 g/mol. The summed E-state index contributed by atoms with van der Waals surface area (Å²) < 4.78 is 5.09. The minimum Gasteiger partial charge on any atom is -0.480 e. The Morgan fingerprint density at radius 1 is 1.53 bits per heavy atom. The fourth-order valence-electron chi connectivity index (χ4n) is 1.86. The molecule has 1 rings (SSSR count). The molecule has 7 heteroatoms. The highest BCUT2D eigenvalue weighted by atomic mass is 79.9. The highest BCUT2D eigenvalue weighted by molar-refractivity contribution is 9.09. The van der Waals surface area contributed by atoms with E-state index in [-0.39, 0.29) is 23.6 Å². The van der Waals surface area contributed by atoms with Crippen molar-refractivity contribution in [2.75, 3.05) is 6.54 Å². The van der Waals surface area contributed by atoms with Gasteiger partial charge in [-0.25, -0.2) is 4.79 Å². The monoisotopic (exact) mass is 335 g/mol. The Bertz CT molecular complexity index is 390. The van der Waals surface area contributed by atoms with Crippen LogP contribution in [-0.2, 0) is 19.1 Å². The van der Waals surface area contributed by atoms with Gasteiger partial charge < -0.3 is 14.7 Å². The van der Waals surface area contributed by atoms with Crippen molar-refractivity contribution < 1.29 is 24.2 Å². The van der Waals surface area contributed by atoms with Gasteiger partial charge in [-0.1, -0.05) is 15.9 Å². The van der Waals surface area contributed by atoms with E-state index in [0.29, 0.717) is 6.54 Å². The molecule has 1 aliphatic rings. The summed E-state index contributed by atoms with van der Waals surface area (Å²) in [5.41, 5.74) is -0.673. The number of ether oxygens (including phenoxy) is 1. The van der Waals surface area contributed by atoms with Crippen LogP contribution in [0.15, 0.2) is 0 Å². The van der Waals surface area contributed by atoms with Crippen LogP contribution in [-0.4, -0.2) is 50.9 Å². The summed E-state index contributed by atoms with van der Waals surface area (Å²) >= 11 is 3.28. The van der Waals surface area contributed by atoms with Gasteiger partial charge in [-0.15, -0.1) is 0 Å². The van der Waals surface area contributed by atoms with Crippen molar-refractivity contribution in [3.8, 4) is 0 Å². The van der Waals surface area contributed by atoms with Gasteiger partial charge in [0.05, 0.1) is 6.42 Å². The zero-order chi connectivity index (χ0) is 14.8. The van der Waals surface area contributed by atoms with Gasteiger partial charge in [0.1, 0.15) is 11.6 Å². The molecule has 1 saturated heterocycles. The molecule has 19 heavy (non-hydrogen) atoms. The fraction of sp³-hybridized carbons (Fsp3) is 0.750. The number of halogens is 1. The number of carbonyl (C=O) groups excluding carboxylic acids is 2. The predicted octanol–water partition coefficient (Wildman–Crippen LogP) is 1.17. The standard InChI is InChI=1S/C12H18BrNO5/c1-12(2,3)19-10(16)5-8(11(17)18)14-6-7(13)4-9(14)15/h7-8H,4-6H2,1-3H3,(H,17,18)/t7?,8-/m0/s1. The van der Waals surface area contributed by atoms with Crippen LogP contribution in [0, 0.1) is 0 Å². The lowest BCUT2D eigenvalue weighted by molar-refractivity contribution is -0.161. The maximum Gasteiger partial charge on any atom is 0.327 e. The summed E-state index contributed by atoms with van der Waals surface area (Å²) in [5.74, 6) is -2.08. The molecule has 6 nitrogen and oxygen atoms in total. The second-order valence-corrected chi connectivity index (χ2v) is 6.79. The van der Waals surface area contributed by atoms with Gasteiger partial charge in [-0.05, 0) is 20.8 Å². The number of amides is 1. The normalized spacial score (nSPS) is 21.4. The van der Waals surface area contributed by atoms with Gasteiger partial charge in [0.15, 0.2) is 0 Å². The van der Waals surface area contributed by atoms with Crippen molar-refractivity contribution in [1.82, 2.24) is 4.90 Å². The number of carboxylic acids is 1. The van der Waals surface area contributed by atoms with E-state index in [9.17, 15) is 14.4 Å². The van der Waals surface area contributed by atoms with E-state index in [1.807, 2.05) is 0 Å². The Labute approximate surface area is 120 Å². The van der Waals surface area contributed by atoms with E-state index in [4.69, 9.17) is 9.84 Å². The third kappa shape index (κ3) is 4.81. The van der Waals surface area contributed by atoms with Gasteiger partial charge in [-0.2, -0.15) is 0 Å². The second kappa shape index (κ2) is 5.90. The van der Waals surface area contributed by atoms with Crippen molar-refractivity contribution in [2.45, 2.75) is 50.1 Å². The molecule has 0 radical (unpaired) electrons. The lowest BCUT2D eigenvalue weighted by Gasteiger charge is -2.25. The van der Waals surface area contributed by atoms with Gasteiger partial charge in [0.2, 0.25) is 5.91 Å². The average Bonchev–Trinajstić information content (AvgIpc) is 2.51. The van der Waals surface area contributed by atoms with Gasteiger partial charge in [-0.3, -0.25) is 9.59 Å². The van der Waals surface area contributed by atoms with Crippen molar-refractivity contribution >= 4 is 33.8 Å². The molecule has 0 bridgehead atoms. The van der Waals surface area contributed by atoms with Crippen LogP contribution in [0.2, 0.25) is 0 Å². The van der Waals surface area contributed by atoms with Crippen molar-refractivity contribution in [2.24, 2.45) is 0 Å². The maximum atomic E-state index is 11.7. The number of esters is 1. The Hall–Kier alpha value is -1.11. The molecule has 108 valence electrons. The molecular weight excluding hydrogens is 318 g/mol. The number of hydrogen-bond acceptors (Lipinski definition) is 4. The molecule has 0 aliphatic carbocycles. The van der Waals surface area contributed by atoms with Crippen LogP contribution in [0.25, 0.3) is 0 Å². The Morgan fingerprint density at radius 2 is 2.11 bits per heavy atom. The SMILES string of the molecule is CC(C)(C)OC(=O)C[C@@H](C(=O)O)N1CC(Br)CC1=O. The Kier molecular flexibility index (Phi) is 4.95. The molecule has 0 aromatic rings. The first kappa shape index (κ1) is 15.9. The fourth-order valence-corrected chi connectivity index (χ4v) is 2.45. The molecule has 2 atom stereocenters. The van der Waals surface area contributed by atoms with Crippen LogP contribution in [0.5, 0.6) is 0 Å². The van der Waals surface area contributed by atoms with E-state index in [1.165, 1.54) is 4.90 Å². The number of likely N-dealkylation sites (tertiary alicyclic amines) is 1. The van der Waals surface area contributed by atoms with Crippen LogP contribution in [0.4, 0.5) is 0 Å². The minimum absolute atomic E-state index is 0.0690. The summed E-state index contributed by atoms with van der Waals surface area (Å²) in [6, 6.07) is -1.16. The number of hydrogen-bond donors (Lipinski definition) is 1. The number of nitrogens with zero attached hydrogens (tertiary/aromatic N) is 1. The molecule has 0 aromatic carbocycles. The third-order valence-corrected chi connectivity index (χ3v) is 3.17. The molecule has 0 aromatic heterocycles.